The quantitative estimate of drug-likeness (QED) is 0.771. The van der Waals surface area contributed by atoms with Gasteiger partial charge in [0.05, 0.1) is 5.69 Å². The topological polar surface area (TPSA) is 72.0 Å². The lowest BCUT2D eigenvalue weighted by molar-refractivity contribution is 0.477. The van der Waals surface area contributed by atoms with Crippen LogP contribution in [0.3, 0.4) is 0 Å². The first kappa shape index (κ1) is 14.8. The molecule has 4 heteroatoms. The Labute approximate surface area is 134 Å². The molecule has 1 heterocycles. The molecule has 0 saturated heterocycles. The first-order valence-electron chi connectivity index (χ1n) is 7.36. The highest BCUT2D eigenvalue weighted by Crippen LogP contribution is 2.28. The Hall–Kier alpha value is -3.14. The number of rotatable bonds is 4. The fourth-order valence-corrected chi connectivity index (χ4v) is 2.31. The second-order valence-corrected chi connectivity index (χ2v) is 5.18. The first-order valence-corrected chi connectivity index (χ1v) is 7.36. The zero-order valence-corrected chi connectivity index (χ0v) is 12.6. The number of allylic oxidation sites excluding steroid dienone is 1. The molecule has 0 bridgehead atoms. The van der Waals surface area contributed by atoms with Crippen LogP contribution >= 0.6 is 0 Å². The van der Waals surface area contributed by atoms with E-state index in [1.54, 1.807) is 18.2 Å². The molecule has 1 aromatic heterocycles. The predicted molar refractivity (Wildman–Crippen MR) is 92.7 cm³/mol. The SMILES string of the molecule is Nc1nnc(-c2ccccc2O)cc1C=CCc1ccccc1. The summed E-state index contributed by atoms with van der Waals surface area (Å²) in [4.78, 5) is 0. The molecule has 3 aromatic rings. The van der Waals surface area contributed by atoms with Crippen LogP contribution < -0.4 is 5.73 Å². The van der Waals surface area contributed by atoms with E-state index in [4.69, 9.17) is 5.73 Å². The summed E-state index contributed by atoms with van der Waals surface area (Å²) in [6.07, 6.45) is 4.78. The second-order valence-electron chi connectivity index (χ2n) is 5.18. The maximum Gasteiger partial charge on any atom is 0.153 e. The minimum atomic E-state index is 0.172. The third-order valence-corrected chi connectivity index (χ3v) is 3.53. The highest BCUT2D eigenvalue weighted by atomic mass is 16.3. The lowest BCUT2D eigenvalue weighted by atomic mass is 10.1. The molecule has 114 valence electrons. The molecular formula is C19H17N3O. The van der Waals surface area contributed by atoms with E-state index in [9.17, 15) is 5.11 Å². The molecular weight excluding hydrogens is 286 g/mol. The van der Waals surface area contributed by atoms with Gasteiger partial charge in [0.15, 0.2) is 5.82 Å². The average Bonchev–Trinajstić information content (AvgIpc) is 2.58. The third kappa shape index (κ3) is 3.55. The molecule has 0 aliphatic heterocycles. The summed E-state index contributed by atoms with van der Waals surface area (Å²) in [7, 11) is 0. The van der Waals surface area contributed by atoms with E-state index in [0.29, 0.717) is 17.1 Å². The number of nitrogen functional groups attached to an aromatic ring is 1. The van der Waals surface area contributed by atoms with E-state index < -0.39 is 0 Å². The van der Waals surface area contributed by atoms with Crippen molar-refractivity contribution in [2.75, 3.05) is 5.73 Å². The van der Waals surface area contributed by atoms with Crippen molar-refractivity contribution in [3.63, 3.8) is 0 Å². The van der Waals surface area contributed by atoms with Gasteiger partial charge in [0.25, 0.3) is 0 Å². The number of anilines is 1. The highest BCUT2D eigenvalue weighted by molar-refractivity contribution is 5.71. The van der Waals surface area contributed by atoms with Crippen molar-refractivity contribution < 1.29 is 5.11 Å². The number of hydrogen-bond acceptors (Lipinski definition) is 4. The number of phenolic OH excluding ortho intramolecular Hbond substituents is 1. The summed E-state index contributed by atoms with van der Waals surface area (Å²) in [6.45, 7) is 0. The number of aromatic nitrogens is 2. The summed E-state index contributed by atoms with van der Waals surface area (Å²) in [5.41, 5.74) is 9.14. The van der Waals surface area contributed by atoms with E-state index in [-0.39, 0.29) is 5.75 Å². The van der Waals surface area contributed by atoms with Gasteiger partial charge >= 0.3 is 0 Å². The summed E-state index contributed by atoms with van der Waals surface area (Å²) in [5, 5.41) is 18.0. The molecule has 0 aliphatic rings. The van der Waals surface area contributed by atoms with E-state index in [0.717, 1.165) is 12.0 Å². The monoisotopic (exact) mass is 303 g/mol. The number of nitrogens with zero attached hydrogens (tertiary/aromatic N) is 2. The normalized spacial score (nSPS) is 11.0. The van der Waals surface area contributed by atoms with Crippen LogP contribution in [0.4, 0.5) is 5.82 Å². The summed E-state index contributed by atoms with van der Waals surface area (Å²) in [6, 6.07) is 19.0. The van der Waals surface area contributed by atoms with Crippen LogP contribution in [0.1, 0.15) is 11.1 Å². The van der Waals surface area contributed by atoms with Crippen LogP contribution in [0.2, 0.25) is 0 Å². The Kier molecular flexibility index (Phi) is 4.34. The van der Waals surface area contributed by atoms with Gasteiger partial charge < -0.3 is 10.8 Å². The van der Waals surface area contributed by atoms with Gasteiger partial charge in [0.1, 0.15) is 5.75 Å². The zero-order valence-electron chi connectivity index (χ0n) is 12.6. The maximum atomic E-state index is 9.93. The molecule has 23 heavy (non-hydrogen) atoms. The molecule has 0 atom stereocenters. The lowest BCUT2D eigenvalue weighted by Gasteiger charge is -2.05. The number of nitrogens with two attached hydrogens (primary N) is 1. The maximum absolute atomic E-state index is 9.93. The highest BCUT2D eigenvalue weighted by Gasteiger charge is 2.07. The molecule has 0 amide bonds. The van der Waals surface area contributed by atoms with Crippen molar-refractivity contribution in [3.05, 3.63) is 77.9 Å². The molecule has 2 aromatic carbocycles. The Balaban J connectivity index is 1.85. The van der Waals surface area contributed by atoms with E-state index >= 15 is 0 Å². The molecule has 0 radical (unpaired) electrons. The number of aromatic hydroxyl groups is 1. The van der Waals surface area contributed by atoms with Gasteiger partial charge in [-0.3, -0.25) is 0 Å². The largest absolute Gasteiger partial charge is 0.507 e. The Morgan fingerprint density at radius 1 is 0.957 bits per heavy atom. The van der Waals surface area contributed by atoms with Crippen LogP contribution in [0.5, 0.6) is 5.75 Å². The smallest absolute Gasteiger partial charge is 0.153 e. The summed E-state index contributed by atoms with van der Waals surface area (Å²) >= 11 is 0. The van der Waals surface area contributed by atoms with Crippen molar-refractivity contribution in [3.8, 4) is 17.0 Å². The van der Waals surface area contributed by atoms with E-state index in [2.05, 4.69) is 22.3 Å². The molecule has 3 N–H and O–H groups in total. The van der Waals surface area contributed by atoms with Crippen molar-refractivity contribution in [1.29, 1.82) is 0 Å². The van der Waals surface area contributed by atoms with Crippen LogP contribution in [0.15, 0.2) is 66.7 Å². The minimum Gasteiger partial charge on any atom is -0.507 e. The van der Waals surface area contributed by atoms with Crippen molar-refractivity contribution >= 4 is 11.9 Å². The first-order chi connectivity index (χ1) is 11.2. The average molecular weight is 303 g/mol. The number of hydrogen-bond donors (Lipinski definition) is 2. The molecule has 0 saturated carbocycles. The molecule has 3 rings (SSSR count). The fourth-order valence-electron chi connectivity index (χ4n) is 2.31. The Morgan fingerprint density at radius 2 is 1.70 bits per heavy atom. The molecule has 0 aliphatic carbocycles. The predicted octanol–water partition coefficient (Wildman–Crippen LogP) is 3.69. The van der Waals surface area contributed by atoms with Crippen LogP contribution in [-0.4, -0.2) is 15.3 Å². The Morgan fingerprint density at radius 3 is 2.48 bits per heavy atom. The minimum absolute atomic E-state index is 0.172. The van der Waals surface area contributed by atoms with Gasteiger partial charge in [-0.05, 0) is 30.2 Å². The molecule has 0 fully saturated rings. The van der Waals surface area contributed by atoms with Crippen LogP contribution in [0, 0.1) is 0 Å². The molecule has 0 unspecified atom stereocenters. The fraction of sp³-hybridized carbons (Fsp3) is 0.0526. The van der Waals surface area contributed by atoms with E-state index in [1.807, 2.05) is 42.5 Å². The van der Waals surface area contributed by atoms with Gasteiger partial charge in [0.2, 0.25) is 0 Å². The van der Waals surface area contributed by atoms with Gasteiger partial charge in [-0.2, -0.15) is 0 Å². The summed E-state index contributed by atoms with van der Waals surface area (Å²) < 4.78 is 0. The third-order valence-electron chi connectivity index (χ3n) is 3.53. The second kappa shape index (κ2) is 6.75. The number of benzene rings is 2. The lowest BCUT2D eigenvalue weighted by Crippen LogP contribution is -1.98. The van der Waals surface area contributed by atoms with Gasteiger partial charge in [-0.15, -0.1) is 10.2 Å². The van der Waals surface area contributed by atoms with Gasteiger partial charge in [-0.25, -0.2) is 0 Å². The standard InChI is InChI=1S/C19H17N3O/c20-19-15(10-6-9-14-7-2-1-3-8-14)13-17(21-22-19)16-11-4-5-12-18(16)23/h1-8,10-13,23H,9H2,(H2,20,22). The van der Waals surface area contributed by atoms with Crippen molar-refractivity contribution in [1.82, 2.24) is 10.2 Å². The number of phenols is 1. The molecule has 4 nitrogen and oxygen atoms in total. The molecule has 0 spiro atoms. The Bertz CT molecular complexity index is 829. The van der Waals surface area contributed by atoms with Crippen LogP contribution in [0.25, 0.3) is 17.3 Å². The van der Waals surface area contributed by atoms with Crippen molar-refractivity contribution in [2.24, 2.45) is 0 Å². The van der Waals surface area contributed by atoms with Crippen LogP contribution in [-0.2, 0) is 6.42 Å². The van der Waals surface area contributed by atoms with Gasteiger partial charge in [0, 0.05) is 11.1 Å². The summed E-state index contributed by atoms with van der Waals surface area (Å²) in [5.74, 6) is 0.541. The van der Waals surface area contributed by atoms with Gasteiger partial charge in [-0.1, -0.05) is 54.6 Å². The van der Waals surface area contributed by atoms with Crippen molar-refractivity contribution in [2.45, 2.75) is 6.42 Å². The number of para-hydroxylation sites is 1. The zero-order chi connectivity index (χ0) is 16.1. The van der Waals surface area contributed by atoms with E-state index in [1.165, 1.54) is 5.56 Å².